The van der Waals surface area contributed by atoms with Crippen molar-refractivity contribution in [2.45, 2.75) is 13.0 Å². The number of nitro groups is 1. The van der Waals surface area contributed by atoms with Crippen molar-refractivity contribution in [1.29, 1.82) is 0 Å². The van der Waals surface area contributed by atoms with Gasteiger partial charge in [0.2, 0.25) is 0 Å². The molecular formula is C18H15N3O6S. The Balaban J connectivity index is 1.90. The summed E-state index contributed by atoms with van der Waals surface area (Å²) in [5.74, 6) is -1.26. The molecule has 0 spiro atoms. The summed E-state index contributed by atoms with van der Waals surface area (Å²) in [6.07, 6.45) is 3.27. The van der Waals surface area contributed by atoms with E-state index in [0.717, 1.165) is 16.7 Å². The predicted molar refractivity (Wildman–Crippen MR) is 102 cm³/mol. The van der Waals surface area contributed by atoms with Gasteiger partial charge in [0.1, 0.15) is 6.04 Å². The standard InChI is InChI=1S/C18H15N3O6S/c1-11(17(23)27-2)20-16(22)15(28-18(20)24)10-14-4-3-9-19(14)12-5-7-13(8-6-12)21(25)26/h3-11H,1-2H3/b15-10+. The molecule has 1 aromatic heterocycles. The van der Waals surface area contributed by atoms with Crippen molar-refractivity contribution in [1.82, 2.24) is 9.47 Å². The number of thioether (sulfide) groups is 1. The molecule has 1 fully saturated rings. The van der Waals surface area contributed by atoms with Crippen molar-refractivity contribution in [3.63, 3.8) is 0 Å². The van der Waals surface area contributed by atoms with E-state index in [1.807, 2.05) is 0 Å². The number of nitrogens with zero attached hydrogens (tertiary/aromatic N) is 3. The summed E-state index contributed by atoms with van der Waals surface area (Å²) in [7, 11) is 1.19. The minimum absolute atomic E-state index is 0.0321. The van der Waals surface area contributed by atoms with Crippen LogP contribution in [0.4, 0.5) is 10.5 Å². The van der Waals surface area contributed by atoms with Crippen molar-refractivity contribution in [2.24, 2.45) is 0 Å². The zero-order valence-electron chi connectivity index (χ0n) is 14.9. The molecule has 3 rings (SSSR count). The summed E-state index contributed by atoms with van der Waals surface area (Å²) < 4.78 is 6.32. The molecule has 2 heterocycles. The van der Waals surface area contributed by atoms with Gasteiger partial charge < -0.3 is 9.30 Å². The van der Waals surface area contributed by atoms with Gasteiger partial charge in [-0.1, -0.05) is 0 Å². The lowest BCUT2D eigenvalue weighted by Gasteiger charge is -2.18. The monoisotopic (exact) mass is 401 g/mol. The van der Waals surface area contributed by atoms with Gasteiger partial charge in [-0.2, -0.15) is 0 Å². The molecule has 1 saturated heterocycles. The Morgan fingerprint density at radius 1 is 1.25 bits per heavy atom. The highest BCUT2D eigenvalue weighted by molar-refractivity contribution is 8.18. The molecule has 2 aromatic rings. The molecule has 1 aliphatic rings. The molecule has 2 amide bonds. The molecule has 1 aromatic carbocycles. The van der Waals surface area contributed by atoms with Gasteiger partial charge >= 0.3 is 5.97 Å². The van der Waals surface area contributed by atoms with E-state index in [4.69, 9.17) is 0 Å². The molecule has 1 atom stereocenters. The number of non-ortho nitro benzene ring substituents is 1. The summed E-state index contributed by atoms with van der Waals surface area (Å²) >= 11 is 0.735. The number of imide groups is 1. The van der Waals surface area contributed by atoms with Gasteiger partial charge in [0, 0.05) is 29.7 Å². The third kappa shape index (κ3) is 3.54. The van der Waals surface area contributed by atoms with Crippen LogP contribution in [0.25, 0.3) is 11.8 Å². The fraction of sp³-hybridized carbons (Fsp3) is 0.167. The molecule has 9 nitrogen and oxygen atoms in total. The van der Waals surface area contributed by atoms with E-state index in [-0.39, 0.29) is 10.6 Å². The van der Waals surface area contributed by atoms with Gasteiger partial charge in [-0.3, -0.25) is 24.6 Å². The van der Waals surface area contributed by atoms with Gasteiger partial charge in [-0.05, 0) is 49.0 Å². The highest BCUT2D eigenvalue weighted by Crippen LogP contribution is 2.34. The van der Waals surface area contributed by atoms with E-state index in [1.165, 1.54) is 32.2 Å². The Kier molecular flexibility index (Phi) is 5.32. The van der Waals surface area contributed by atoms with Gasteiger partial charge in [-0.25, -0.2) is 4.79 Å². The topological polar surface area (TPSA) is 112 Å². The zero-order valence-corrected chi connectivity index (χ0v) is 15.7. The maximum absolute atomic E-state index is 12.6. The number of hydrogen-bond donors (Lipinski definition) is 0. The summed E-state index contributed by atoms with van der Waals surface area (Å²) in [6, 6.07) is 8.38. The van der Waals surface area contributed by atoms with E-state index < -0.39 is 28.1 Å². The third-order valence-electron chi connectivity index (χ3n) is 4.15. The Labute approximate surface area is 163 Å². The number of ether oxygens (including phenoxy) is 1. The van der Waals surface area contributed by atoms with Crippen molar-refractivity contribution in [2.75, 3.05) is 7.11 Å². The van der Waals surface area contributed by atoms with Crippen LogP contribution in [0.1, 0.15) is 12.6 Å². The van der Waals surface area contributed by atoms with Crippen LogP contribution in [0.2, 0.25) is 0 Å². The Bertz CT molecular complexity index is 995. The van der Waals surface area contributed by atoms with E-state index in [1.54, 1.807) is 35.0 Å². The zero-order chi connectivity index (χ0) is 20.4. The highest BCUT2D eigenvalue weighted by atomic mass is 32.2. The van der Waals surface area contributed by atoms with E-state index in [9.17, 15) is 24.5 Å². The highest BCUT2D eigenvalue weighted by Gasteiger charge is 2.41. The average Bonchev–Trinajstić information content (AvgIpc) is 3.25. The fourth-order valence-corrected chi connectivity index (χ4v) is 3.60. The Morgan fingerprint density at radius 2 is 1.93 bits per heavy atom. The minimum Gasteiger partial charge on any atom is -0.467 e. The van der Waals surface area contributed by atoms with Gasteiger partial charge in [0.05, 0.1) is 16.9 Å². The van der Waals surface area contributed by atoms with Crippen LogP contribution in [0, 0.1) is 10.1 Å². The smallest absolute Gasteiger partial charge is 0.328 e. The van der Waals surface area contributed by atoms with E-state index in [0.29, 0.717) is 11.4 Å². The Hall–Kier alpha value is -3.40. The number of amides is 2. The minimum atomic E-state index is -1.02. The maximum atomic E-state index is 12.6. The molecule has 0 saturated carbocycles. The van der Waals surface area contributed by atoms with E-state index in [2.05, 4.69) is 4.74 Å². The number of aromatic nitrogens is 1. The van der Waals surface area contributed by atoms with E-state index >= 15 is 0 Å². The molecule has 28 heavy (non-hydrogen) atoms. The van der Waals surface area contributed by atoms with Crippen LogP contribution >= 0.6 is 11.8 Å². The number of carbonyl (C=O) groups is 3. The van der Waals surface area contributed by atoms with Crippen molar-refractivity contribution < 1.29 is 24.0 Å². The summed E-state index contributed by atoms with van der Waals surface area (Å²) in [5, 5.41) is 10.2. The first-order valence-electron chi connectivity index (χ1n) is 8.10. The van der Waals surface area contributed by atoms with Crippen LogP contribution in [0.15, 0.2) is 47.5 Å². The second-order valence-electron chi connectivity index (χ2n) is 5.83. The van der Waals surface area contributed by atoms with Crippen LogP contribution in [-0.4, -0.2) is 44.7 Å². The molecule has 1 aliphatic heterocycles. The first-order chi connectivity index (χ1) is 13.3. The lowest BCUT2D eigenvalue weighted by Crippen LogP contribution is -2.42. The number of benzene rings is 1. The maximum Gasteiger partial charge on any atom is 0.328 e. The lowest BCUT2D eigenvalue weighted by molar-refractivity contribution is -0.384. The number of nitro benzene ring substituents is 1. The lowest BCUT2D eigenvalue weighted by atomic mass is 10.2. The predicted octanol–water partition coefficient (Wildman–Crippen LogP) is 2.98. The molecule has 0 bridgehead atoms. The second-order valence-corrected chi connectivity index (χ2v) is 6.82. The molecule has 144 valence electrons. The van der Waals surface area contributed by atoms with Crippen LogP contribution in [-0.2, 0) is 14.3 Å². The number of rotatable bonds is 5. The normalized spacial score (nSPS) is 16.5. The first kappa shape index (κ1) is 19.4. The molecular weight excluding hydrogens is 386 g/mol. The number of carbonyl (C=O) groups excluding carboxylic acids is 3. The largest absolute Gasteiger partial charge is 0.467 e. The molecule has 0 aliphatic carbocycles. The molecule has 0 radical (unpaired) electrons. The summed E-state index contributed by atoms with van der Waals surface area (Å²) in [4.78, 5) is 47.8. The van der Waals surface area contributed by atoms with Crippen LogP contribution in [0.5, 0.6) is 0 Å². The van der Waals surface area contributed by atoms with Gasteiger partial charge in [-0.15, -0.1) is 0 Å². The van der Waals surface area contributed by atoms with Crippen molar-refractivity contribution >= 4 is 40.6 Å². The van der Waals surface area contributed by atoms with Crippen LogP contribution in [0.3, 0.4) is 0 Å². The fourth-order valence-electron chi connectivity index (χ4n) is 2.71. The quantitative estimate of drug-likeness (QED) is 0.328. The second kappa shape index (κ2) is 7.69. The van der Waals surface area contributed by atoms with Crippen molar-refractivity contribution in [3.05, 3.63) is 63.3 Å². The first-order valence-corrected chi connectivity index (χ1v) is 8.92. The number of methoxy groups -OCH3 is 1. The Morgan fingerprint density at radius 3 is 2.54 bits per heavy atom. The van der Waals surface area contributed by atoms with Crippen LogP contribution < -0.4 is 0 Å². The van der Waals surface area contributed by atoms with Crippen molar-refractivity contribution in [3.8, 4) is 5.69 Å². The number of esters is 1. The SMILES string of the molecule is COC(=O)C(C)N1C(=O)S/C(=C/c2cccn2-c2ccc([N+](=O)[O-])cc2)C1=O. The average molecular weight is 401 g/mol. The third-order valence-corrected chi connectivity index (χ3v) is 5.03. The van der Waals surface area contributed by atoms with Gasteiger partial charge in [0.25, 0.3) is 16.8 Å². The molecule has 0 N–H and O–H groups in total. The molecule has 1 unspecified atom stereocenters. The summed E-state index contributed by atoms with van der Waals surface area (Å²) in [5.41, 5.74) is 1.23. The summed E-state index contributed by atoms with van der Waals surface area (Å²) in [6.45, 7) is 1.42. The molecule has 10 heteroatoms. The number of hydrogen-bond acceptors (Lipinski definition) is 7. The van der Waals surface area contributed by atoms with Gasteiger partial charge in [0.15, 0.2) is 0 Å².